The first-order valence-electron chi connectivity index (χ1n) is 6.44. The molecule has 0 heterocycles. The molecule has 19 heavy (non-hydrogen) atoms. The van der Waals surface area contributed by atoms with E-state index in [0.717, 1.165) is 0 Å². The molecule has 1 saturated carbocycles. The zero-order valence-corrected chi connectivity index (χ0v) is 10.8. The molecular formula is C13H18N2O4. The number of carboxylic acids is 1. The molecule has 4 unspecified atom stereocenters. The van der Waals surface area contributed by atoms with Crippen molar-refractivity contribution in [3.63, 3.8) is 0 Å². The van der Waals surface area contributed by atoms with E-state index in [1.807, 2.05) is 12.2 Å². The first kappa shape index (κ1) is 13.6. The van der Waals surface area contributed by atoms with Crippen LogP contribution < -0.4 is 5.73 Å². The summed E-state index contributed by atoms with van der Waals surface area (Å²) in [5.74, 6) is -3.13. The summed E-state index contributed by atoms with van der Waals surface area (Å²) in [4.78, 5) is 36.1. The third kappa shape index (κ3) is 2.34. The van der Waals surface area contributed by atoms with Crippen LogP contribution >= 0.6 is 0 Å². The number of likely N-dealkylation sites (N-methyl/N-ethyl adjacent to an activating group) is 1. The van der Waals surface area contributed by atoms with Crippen LogP contribution in [0.2, 0.25) is 0 Å². The summed E-state index contributed by atoms with van der Waals surface area (Å²) in [6.07, 6.45) is 4.52. The third-order valence-electron chi connectivity index (χ3n) is 4.07. The van der Waals surface area contributed by atoms with Gasteiger partial charge in [0, 0.05) is 6.54 Å². The molecule has 6 nitrogen and oxygen atoms in total. The fourth-order valence-corrected chi connectivity index (χ4v) is 3.24. The Bertz CT molecular complexity index is 446. The maximum atomic E-state index is 12.4. The first-order valence-corrected chi connectivity index (χ1v) is 6.44. The number of aliphatic carboxylic acids is 1. The molecule has 0 spiro atoms. The number of nitrogens with zero attached hydrogens (tertiary/aromatic N) is 1. The van der Waals surface area contributed by atoms with Crippen LogP contribution in [0.1, 0.15) is 13.3 Å². The van der Waals surface area contributed by atoms with Gasteiger partial charge in [-0.2, -0.15) is 0 Å². The van der Waals surface area contributed by atoms with E-state index in [0.29, 0.717) is 13.0 Å². The summed E-state index contributed by atoms with van der Waals surface area (Å²) in [5.41, 5.74) is 5.11. The average Bonchev–Trinajstić information content (AvgIpc) is 2.94. The predicted octanol–water partition coefficient (Wildman–Crippen LogP) is -0.157. The second-order valence-electron chi connectivity index (χ2n) is 5.16. The normalized spacial score (nSPS) is 31.4. The lowest BCUT2D eigenvalue weighted by Gasteiger charge is -2.29. The highest BCUT2D eigenvalue weighted by Gasteiger charge is 2.52. The maximum absolute atomic E-state index is 12.4. The van der Waals surface area contributed by atoms with Crippen molar-refractivity contribution < 1.29 is 19.5 Å². The number of hydrogen-bond donors (Lipinski definition) is 2. The van der Waals surface area contributed by atoms with E-state index in [9.17, 15) is 19.5 Å². The molecule has 2 aliphatic rings. The molecule has 0 aliphatic heterocycles. The molecule has 2 aliphatic carbocycles. The van der Waals surface area contributed by atoms with E-state index < -0.39 is 23.7 Å². The number of allylic oxidation sites excluding steroid dienone is 2. The van der Waals surface area contributed by atoms with E-state index in [2.05, 4.69) is 0 Å². The summed E-state index contributed by atoms with van der Waals surface area (Å²) >= 11 is 0. The van der Waals surface area contributed by atoms with E-state index in [1.54, 1.807) is 6.92 Å². The molecule has 0 aromatic carbocycles. The van der Waals surface area contributed by atoms with Crippen LogP contribution in [0.4, 0.5) is 0 Å². The molecule has 4 atom stereocenters. The minimum Gasteiger partial charge on any atom is -0.481 e. The van der Waals surface area contributed by atoms with Gasteiger partial charge in [-0.05, 0) is 25.2 Å². The molecule has 0 radical (unpaired) electrons. The number of carboxylic acid groups (broad SMARTS) is 1. The second kappa shape index (κ2) is 5.03. The lowest BCUT2D eigenvalue weighted by atomic mass is 9.82. The summed E-state index contributed by atoms with van der Waals surface area (Å²) in [6, 6.07) is 0. The first-order chi connectivity index (χ1) is 8.95. The fraction of sp³-hybridized carbons (Fsp3) is 0.615. The smallest absolute Gasteiger partial charge is 0.307 e. The quantitative estimate of drug-likeness (QED) is 0.675. The number of rotatable bonds is 5. The van der Waals surface area contributed by atoms with Gasteiger partial charge in [0.1, 0.15) is 0 Å². The standard InChI is InChI=1S/C13H18N2O4/c1-2-15(6-9(14)16)12(17)10-7-3-4-8(5-7)11(10)13(18)19/h3-4,7-8,10-11H,2,5-6H2,1H3,(H2,14,16)(H,18,19). The van der Waals surface area contributed by atoms with Crippen molar-refractivity contribution in [1.29, 1.82) is 0 Å². The Kier molecular flexibility index (Phi) is 3.59. The highest BCUT2D eigenvalue weighted by atomic mass is 16.4. The number of carbonyl (C=O) groups excluding carboxylic acids is 2. The molecule has 2 bridgehead atoms. The largest absolute Gasteiger partial charge is 0.481 e. The SMILES string of the molecule is CCN(CC(N)=O)C(=O)C1C2C=CC(C2)C1C(=O)O. The minimum atomic E-state index is -0.940. The van der Waals surface area contributed by atoms with Gasteiger partial charge in [0.05, 0.1) is 18.4 Å². The minimum absolute atomic E-state index is 0.0273. The van der Waals surface area contributed by atoms with Crippen molar-refractivity contribution in [3.8, 4) is 0 Å². The van der Waals surface area contributed by atoms with Crippen LogP contribution in [0.5, 0.6) is 0 Å². The van der Waals surface area contributed by atoms with Crippen molar-refractivity contribution in [1.82, 2.24) is 4.90 Å². The van der Waals surface area contributed by atoms with Crippen LogP contribution in [0.25, 0.3) is 0 Å². The van der Waals surface area contributed by atoms with Crippen LogP contribution in [-0.2, 0) is 14.4 Å². The number of primary amides is 1. The third-order valence-corrected chi connectivity index (χ3v) is 4.07. The number of nitrogens with two attached hydrogens (primary N) is 1. The topological polar surface area (TPSA) is 101 Å². The van der Waals surface area contributed by atoms with E-state index in [1.165, 1.54) is 4.90 Å². The molecular weight excluding hydrogens is 248 g/mol. The zero-order chi connectivity index (χ0) is 14.2. The van der Waals surface area contributed by atoms with Gasteiger partial charge in [0.15, 0.2) is 0 Å². The Hall–Kier alpha value is -1.85. The second-order valence-corrected chi connectivity index (χ2v) is 5.16. The van der Waals surface area contributed by atoms with Gasteiger partial charge in [-0.25, -0.2) is 0 Å². The Labute approximate surface area is 111 Å². The van der Waals surface area contributed by atoms with Crippen molar-refractivity contribution in [2.75, 3.05) is 13.1 Å². The van der Waals surface area contributed by atoms with Crippen LogP contribution in [0.15, 0.2) is 12.2 Å². The molecule has 0 aromatic rings. The number of fused-ring (bicyclic) bond motifs is 2. The highest BCUT2D eigenvalue weighted by molar-refractivity contribution is 5.89. The molecule has 6 heteroatoms. The van der Waals surface area contributed by atoms with Gasteiger partial charge in [0.25, 0.3) is 0 Å². The van der Waals surface area contributed by atoms with Gasteiger partial charge in [0.2, 0.25) is 11.8 Å². The van der Waals surface area contributed by atoms with Crippen molar-refractivity contribution in [2.24, 2.45) is 29.4 Å². The number of hydrogen-bond acceptors (Lipinski definition) is 3. The van der Waals surface area contributed by atoms with Gasteiger partial charge in [-0.15, -0.1) is 0 Å². The molecule has 0 aromatic heterocycles. The number of carbonyl (C=O) groups is 3. The molecule has 3 N–H and O–H groups in total. The lowest BCUT2D eigenvalue weighted by Crippen LogP contribution is -2.45. The van der Waals surface area contributed by atoms with E-state index in [-0.39, 0.29) is 24.3 Å². The van der Waals surface area contributed by atoms with Gasteiger partial charge < -0.3 is 15.7 Å². The van der Waals surface area contributed by atoms with Gasteiger partial charge in [-0.1, -0.05) is 12.2 Å². The summed E-state index contributed by atoms with van der Waals surface area (Å²) in [7, 11) is 0. The molecule has 104 valence electrons. The van der Waals surface area contributed by atoms with Crippen molar-refractivity contribution >= 4 is 17.8 Å². The van der Waals surface area contributed by atoms with Crippen LogP contribution in [0, 0.1) is 23.7 Å². The Morgan fingerprint density at radius 3 is 2.32 bits per heavy atom. The highest BCUT2D eigenvalue weighted by Crippen LogP contribution is 2.48. The summed E-state index contributed by atoms with van der Waals surface area (Å²) in [5, 5.41) is 9.29. The van der Waals surface area contributed by atoms with Crippen molar-refractivity contribution in [2.45, 2.75) is 13.3 Å². The van der Waals surface area contributed by atoms with E-state index >= 15 is 0 Å². The predicted molar refractivity (Wildman–Crippen MR) is 66.8 cm³/mol. The lowest BCUT2D eigenvalue weighted by molar-refractivity contribution is -0.151. The Morgan fingerprint density at radius 1 is 1.26 bits per heavy atom. The Balaban J connectivity index is 2.19. The van der Waals surface area contributed by atoms with Gasteiger partial charge in [-0.3, -0.25) is 14.4 Å². The Morgan fingerprint density at radius 2 is 1.84 bits per heavy atom. The molecule has 2 rings (SSSR count). The molecule has 2 amide bonds. The van der Waals surface area contributed by atoms with E-state index in [4.69, 9.17) is 5.73 Å². The zero-order valence-electron chi connectivity index (χ0n) is 10.8. The average molecular weight is 266 g/mol. The van der Waals surface area contributed by atoms with Crippen LogP contribution in [-0.4, -0.2) is 40.9 Å². The van der Waals surface area contributed by atoms with Gasteiger partial charge >= 0.3 is 5.97 Å². The monoisotopic (exact) mass is 266 g/mol. The fourth-order valence-electron chi connectivity index (χ4n) is 3.24. The summed E-state index contributed by atoms with van der Waals surface area (Å²) in [6.45, 7) is 1.95. The van der Waals surface area contributed by atoms with Crippen LogP contribution in [0.3, 0.4) is 0 Å². The maximum Gasteiger partial charge on any atom is 0.307 e. The molecule has 0 saturated heterocycles. The van der Waals surface area contributed by atoms with Crippen molar-refractivity contribution in [3.05, 3.63) is 12.2 Å². The number of amides is 2. The summed E-state index contributed by atoms with van der Waals surface area (Å²) < 4.78 is 0. The molecule has 1 fully saturated rings.